The van der Waals surface area contributed by atoms with Gasteiger partial charge in [-0.2, -0.15) is 10.4 Å². The number of nitrogens with one attached hydrogen (secondary N) is 1. The lowest BCUT2D eigenvalue weighted by Gasteiger charge is -2.05. The summed E-state index contributed by atoms with van der Waals surface area (Å²) in [4.78, 5) is 11.5. The number of hydrazone groups is 1. The molecule has 0 fully saturated rings. The van der Waals surface area contributed by atoms with Crippen molar-refractivity contribution in [2.24, 2.45) is 5.10 Å². The number of carbonyl (C=O) groups is 1. The molecule has 0 aliphatic rings. The summed E-state index contributed by atoms with van der Waals surface area (Å²) in [5.41, 5.74) is 2.67. The third kappa shape index (κ3) is 4.47. The van der Waals surface area contributed by atoms with E-state index in [2.05, 4.69) is 26.5 Å². The van der Waals surface area contributed by atoms with Crippen LogP contribution in [-0.4, -0.2) is 18.7 Å². The van der Waals surface area contributed by atoms with Gasteiger partial charge in [-0.1, -0.05) is 12.1 Å². The van der Waals surface area contributed by atoms with Crippen LogP contribution in [0.5, 0.6) is 5.75 Å². The maximum atomic E-state index is 11.5. The topological polar surface area (TPSA) is 87.6 Å². The molecule has 0 aliphatic carbocycles. The Balaban J connectivity index is 1.82. The third-order valence-corrected chi connectivity index (χ3v) is 2.77. The number of benzene rings is 1. The quantitative estimate of drug-likeness (QED) is 0.664. The minimum Gasteiger partial charge on any atom is -0.482 e. The van der Waals surface area contributed by atoms with Crippen LogP contribution in [0, 0.1) is 11.3 Å². The van der Waals surface area contributed by atoms with Gasteiger partial charge in [0, 0.05) is 0 Å². The highest BCUT2D eigenvalue weighted by Gasteiger charge is 2.05. The van der Waals surface area contributed by atoms with Gasteiger partial charge < -0.3 is 9.15 Å². The molecule has 0 spiro atoms. The number of hydrogen-bond donors (Lipinski definition) is 1. The molecule has 1 heterocycles. The first-order valence-corrected chi connectivity index (χ1v) is 6.67. The molecule has 2 aromatic rings. The van der Waals surface area contributed by atoms with Crippen LogP contribution in [0.1, 0.15) is 11.3 Å². The van der Waals surface area contributed by atoms with Crippen LogP contribution in [-0.2, 0) is 4.79 Å². The van der Waals surface area contributed by atoms with E-state index >= 15 is 0 Å². The number of nitrogens with zero attached hydrogens (tertiary/aromatic N) is 2. The highest BCUT2D eigenvalue weighted by Crippen LogP contribution is 2.16. The minimum atomic E-state index is -0.440. The van der Waals surface area contributed by atoms with Gasteiger partial charge >= 0.3 is 0 Å². The van der Waals surface area contributed by atoms with Crippen LogP contribution in [0.2, 0.25) is 0 Å². The molecular weight excluding hydrogens is 338 g/mol. The Morgan fingerprint density at radius 1 is 1.43 bits per heavy atom. The number of furan rings is 1. The zero-order valence-electron chi connectivity index (χ0n) is 10.7. The summed E-state index contributed by atoms with van der Waals surface area (Å²) in [6, 6.07) is 12.1. The number of amides is 1. The molecule has 6 nitrogen and oxygen atoms in total. The molecule has 1 aromatic carbocycles. The van der Waals surface area contributed by atoms with Gasteiger partial charge in [-0.15, -0.1) is 0 Å². The van der Waals surface area contributed by atoms with Crippen LogP contribution >= 0.6 is 15.9 Å². The Kier molecular flexibility index (Phi) is 5.12. The fourth-order valence-corrected chi connectivity index (χ4v) is 1.75. The average molecular weight is 348 g/mol. The van der Waals surface area contributed by atoms with E-state index in [-0.39, 0.29) is 6.61 Å². The van der Waals surface area contributed by atoms with E-state index in [4.69, 9.17) is 14.4 Å². The lowest BCUT2D eigenvalue weighted by atomic mass is 10.2. The predicted molar refractivity (Wildman–Crippen MR) is 78.8 cm³/mol. The Labute approximate surface area is 129 Å². The molecule has 7 heteroatoms. The lowest BCUT2D eigenvalue weighted by molar-refractivity contribution is -0.123. The average Bonchev–Trinajstić information content (AvgIpc) is 2.91. The minimum absolute atomic E-state index is 0.238. The number of halogens is 1. The second kappa shape index (κ2) is 7.26. The number of carbonyl (C=O) groups excluding carboxylic acids is 1. The summed E-state index contributed by atoms with van der Waals surface area (Å²) in [5, 5.41) is 12.6. The molecule has 1 aromatic heterocycles. The Morgan fingerprint density at radius 2 is 2.24 bits per heavy atom. The summed E-state index contributed by atoms with van der Waals surface area (Å²) in [7, 11) is 0. The van der Waals surface area contributed by atoms with Crippen molar-refractivity contribution in [3.05, 3.63) is 52.4 Å². The summed E-state index contributed by atoms with van der Waals surface area (Å²) in [6.07, 6.45) is 1.37. The summed E-state index contributed by atoms with van der Waals surface area (Å²) in [6.45, 7) is -0.238. The van der Waals surface area contributed by atoms with Crippen molar-refractivity contribution in [3.63, 3.8) is 0 Å². The van der Waals surface area contributed by atoms with E-state index in [9.17, 15) is 4.79 Å². The first-order valence-electron chi connectivity index (χ1n) is 5.88. The van der Waals surface area contributed by atoms with Crippen molar-refractivity contribution in [3.8, 4) is 11.8 Å². The first kappa shape index (κ1) is 14.8. The van der Waals surface area contributed by atoms with E-state index < -0.39 is 5.91 Å². The van der Waals surface area contributed by atoms with Crippen LogP contribution in [0.3, 0.4) is 0 Å². The SMILES string of the molecule is N#Cc1ccccc1OCC(=O)NN=Cc1ccc(Br)o1. The molecule has 1 N–H and O–H groups in total. The first-order chi connectivity index (χ1) is 10.2. The van der Waals surface area contributed by atoms with Crippen molar-refractivity contribution >= 4 is 28.1 Å². The highest BCUT2D eigenvalue weighted by atomic mass is 79.9. The van der Waals surface area contributed by atoms with Gasteiger partial charge in [-0.25, -0.2) is 5.43 Å². The number of nitriles is 1. The smallest absolute Gasteiger partial charge is 0.277 e. The molecule has 1 amide bonds. The van der Waals surface area contributed by atoms with Gasteiger partial charge in [0.05, 0.1) is 11.8 Å². The van der Waals surface area contributed by atoms with Crippen LogP contribution in [0.4, 0.5) is 0 Å². The van der Waals surface area contributed by atoms with Gasteiger partial charge in [-0.3, -0.25) is 4.79 Å². The maximum Gasteiger partial charge on any atom is 0.277 e. The zero-order chi connectivity index (χ0) is 15.1. The molecule has 0 radical (unpaired) electrons. The number of para-hydroxylation sites is 1. The van der Waals surface area contributed by atoms with E-state index in [0.717, 1.165) is 0 Å². The van der Waals surface area contributed by atoms with Gasteiger partial charge in [0.2, 0.25) is 0 Å². The second-order valence-electron chi connectivity index (χ2n) is 3.83. The Hall–Kier alpha value is -2.59. The lowest BCUT2D eigenvalue weighted by Crippen LogP contribution is -2.24. The van der Waals surface area contributed by atoms with Crippen LogP contribution in [0.25, 0.3) is 0 Å². The maximum absolute atomic E-state index is 11.5. The van der Waals surface area contributed by atoms with E-state index in [1.165, 1.54) is 6.21 Å². The standard InChI is InChI=1S/C14H10BrN3O3/c15-13-6-5-11(21-13)8-17-18-14(19)9-20-12-4-2-1-3-10(12)7-16/h1-6,8H,9H2,(H,18,19). The molecule has 0 bridgehead atoms. The van der Waals surface area contributed by atoms with E-state index in [1.807, 2.05) is 6.07 Å². The summed E-state index contributed by atoms with van der Waals surface area (Å²) < 4.78 is 11.0. The van der Waals surface area contributed by atoms with Gasteiger partial charge in [0.15, 0.2) is 11.3 Å². The molecule has 21 heavy (non-hydrogen) atoms. The van der Waals surface area contributed by atoms with E-state index in [0.29, 0.717) is 21.7 Å². The third-order valence-electron chi connectivity index (χ3n) is 2.34. The summed E-state index contributed by atoms with van der Waals surface area (Å²) in [5.74, 6) is 0.414. The molecule has 0 atom stereocenters. The van der Waals surface area contributed by atoms with Crippen molar-refractivity contribution in [1.82, 2.24) is 5.43 Å². The Bertz CT molecular complexity index is 703. The highest BCUT2D eigenvalue weighted by molar-refractivity contribution is 9.10. The monoisotopic (exact) mass is 347 g/mol. The van der Waals surface area contributed by atoms with Gasteiger partial charge in [-0.05, 0) is 40.2 Å². The van der Waals surface area contributed by atoms with Crippen molar-refractivity contribution in [2.75, 3.05) is 6.61 Å². The zero-order valence-corrected chi connectivity index (χ0v) is 12.3. The van der Waals surface area contributed by atoms with Crippen LogP contribution in [0.15, 0.2) is 50.6 Å². The van der Waals surface area contributed by atoms with Crippen molar-refractivity contribution < 1.29 is 13.9 Å². The van der Waals surface area contributed by atoms with Gasteiger partial charge in [0.25, 0.3) is 5.91 Å². The normalized spacial score (nSPS) is 10.3. The van der Waals surface area contributed by atoms with Crippen LogP contribution < -0.4 is 10.2 Å². The summed E-state index contributed by atoms with van der Waals surface area (Å²) >= 11 is 3.16. The molecule has 0 unspecified atom stereocenters. The fourth-order valence-electron chi connectivity index (χ4n) is 1.43. The Morgan fingerprint density at radius 3 is 2.95 bits per heavy atom. The number of ether oxygens (including phenoxy) is 1. The van der Waals surface area contributed by atoms with Gasteiger partial charge in [0.1, 0.15) is 17.6 Å². The molecular formula is C14H10BrN3O3. The van der Waals surface area contributed by atoms with Crippen molar-refractivity contribution in [1.29, 1.82) is 5.26 Å². The molecule has 2 rings (SSSR count). The molecule has 106 valence electrons. The molecule has 0 saturated heterocycles. The predicted octanol–water partition coefficient (Wildman–Crippen LogP) is 2.44. The fraction of sp³-hybridized carbons (Fsp3) is 0.0714. The molecule has 0 aliphatic heterocycles. The molecule has 0 saturated carbocycles. The van der Waals surface area contributed by atoms with E-state index in [1.54, 1.807) is 36.4 Å². The second-order valence-corrected chi connectivity index (χ2v) is 4.61. The number of rotatable bonds is 5. The van der Waals surface area contributed by atoms with Crippen molar-refractivity contribution in [2.45, 2.75) is 0 Å². The number of hydrogen-bond acceptors (Lipinski definition) is 5. The largest absolute Gasteiger partial charge is 0.482 e.